The van der Waals surface area contributed by atoms with Gasteiger partial charge in [0.05, 0.1) is 13.0 Å². The first-order valence-corrected chi connectivity index (χ1v) is 7.02. The lowest BCUT2D eigenvalue weighted by molar-refractivity contribution is -0.385. The average Bonchev–Trinajstić information content (AvgIpc) is 2.37. The van der Waals surface area contributed by atoms with Gasteiger partial charge in [-0.3, -0.25) is 10.1 Å². The summed E-state index contributed by atoms with van der Waals surface area (Å²) in [5.41, 5.74) is -0.396. The van der Waals surface area contributed by atoms with Crippen LogP contribution in [0.5, 0.6) is 11.5 Å². The molecule has 0 saturated heterocycles. The fourth-order valence-corrected chi connectivity index (χ4v) is 2.19. The second-order valence-corrected chi connectivity index (χ2v) is 5.68. The zero-order chi connectivity index (χ0) is 14.9. The summed E-state index contributed by atoms with van der Waals surface area (Å²) in [5, 5.41) is 10.9. The van der Waals surface area contributed by atoms with Crippen LogP contribution in [-0.4, -0.2) is 4.92 Å². The molecule has 0 heterocycles. The third kappa shape index (κ3) is 3.23. The molecule has 2 rings (SSSR count). The molecule has 104 valence electrons. The molecule has 0 aromatic heterocycles. The van der Waals surface area contributed by atoms with Crippen LogP contribution in [-0.2, 0) is 0 Å². The zero-order valence-corrected chi connectivity index (χ0v) is 13.3. The molecule has 0 unspecified atom stereocenters. The van der Waals surface area contributed by atoms with E-state index in [1.54, 1.807) is 22.6 Å². The monoisotopic (exact) mass is 455 g/mol. The normalized spacial score (nSPS) is 10.4. The zero-order valence-electron chi connectivity index (χ0n) is 9.57. The van der Waals surface area contributed by atoms with Gasteiger partial charge in [-0.1, -0.05) is 0 Å². The van der Waals surface area contributed by atoms with Crippen LogP contribution in [0.1, 0.15) is 0 Å². The van der Waals surface area contributed by atoms with E-state index < -0.39 is 22.2 Å². The van der Waals surface area contributed by atoms with E-state index in [9.17, 15) is 18.9 Å². The minimum Gasteiger partial charge on any atom is -0.449 e. The minimum atomic E-state index is -0.690. The highest BCUT2D eigenvalue weighted by molar-refractivity contribution is 14.1. The molecule has 0 spiro atoms. The molecule has 0 saturated carbocycles. The Labute approximate surface area is 134 Å². The fraction of sp³-hybridized carbons (Fsp3) is 0. The van der Waals surface area contributed by atoms with Gasteiger partial charge in [0, 0.05) is 18.2 Å². The third-order valence-electron chi connectivity index (χ3n) is 2.31. The van der Waals surface area contributed by atoms with Crippen molar-refractivity contribution in [1.82, 2.24) is 0 Å². The molecule has 0 aliphatic rings. The number of rotatable bonds is 3. The van der Waals surface area contributed by atoms with Gasteiger partial charge in [-0.2, -0.15) is 0 Å². The first kappa shape index (κ1) is 15.1. The van der Waals surface area contributed by atoms with Crippen molar-refractivity contribution in [3.8, 4) is 11.5 Å². The van der Waals surface area contributed by atoms with Crippen molar-refractivity contribution >= 4 is 44.2 Å². The number of benzene rings is 2. The lowest BCUT2D eigenvalue weighted by Gasteiger charge is -2.09. The van der Waals surface area contributed by atoms with Crippen LogP contribution in [0, 0.1) is 25.3 Å². The van der Waals surface area contributed by atoms with Crippen LogP contribution in [0.15, 0.2) is 34.8 Å². The number of ether oxygens (including phenoxy) is 1. The van der Waals surface area contributed by atoms with Gasteiger partial charge in [-0.15, -0.1) is 0 Å². The number of hydrogen-bond acceptors (Lipinski definition) is 3. The predicted molar refractivity (Wildman–Crippen MR) is 79.9 cm³/mol. The molecule has 2 aromatic rings. The van der Waals surface area contributed by atoms with Crippen molar-refractivity contribution in [3.63, 3.8) is 0 Å². The number of halogens is 4. The van der Waals surface area contributed by atoms with Gasteiger partial charge in [0.25, 0.3) is 0 Å². The highest BCUT2D eigenvalue weighted by Gasteiger charge is 2.20. The number of nitrogens with zero attached hydrogens (tertiary/aromatic N) is 1. The Hall–Kier alpha value is -1.29. The molecule has 20 heavy (non-hydrogen) atoms. The second kappa shape index (κ2) is 6.00. The van der Waals surface area contributed by atoms with Crippen molar-refractivity contribution in [2.75, 3.05) is 0 Å². The summed E-state index contributed by atoms with van der Waals surface area (Å²) >= 11 is 4.76. The van der Waals surface area contributed by atoms with Crippen molar-refractivity contribution in [2.45, 2.75) is 0 Å². The summed E-state index contributed by atoms with van der Waals surface area (Å²) in [5.74, 6) is -1.50. The Morgan fingerprint density at radius 1 is 1.20 bits per heavy atom. The fourth-order valence-electron chi connectivity index (χ4n) is 1.42. The Morgan fingerprint density at radius 2 is 1.90 bits per heavy atom. The molecular formula is C12H5BrF2INO3. The van der Waals surface area contributed by atoms with Crippen molar-refractivity contribution in [3.05, 3.63) is 60.1 Å². The molecule has 0 bridgehead atoms. The smallest absolute Gasteiger partial charge is 0.312 e. The summed E-state index contributed by atoms with van der Waals surface area (Å²) in [7, 11) is 0. The maximum absolute atomic E-state index is 13.5. The van der Waals surface area contributed by atoms with Crippen LogP contribution in [0.3, 0.4) is 0 Å². The van der Waals surface area contributed by atoms with E-state index in [0.29, 0.717) is 4.47 Å². The lowest BCUT2D eigenvalue weighted by Crippen LogP contribution is -1.97. The van der Waals surface area contributed by atoms with E-state index in [-0.39, 0.29) is 15.1 Å². The quantitative estimate of drug-likeness (QED) is 0.370. The second-order valence-electron chi connectivity index (χ2n) is 3.67. The molecular weight excluding hydrogens is 451 g/mol. The molecule has 8 heteroatoms. The number of hydrogen-bond donors (Lipinski definition) is 0. The SMILES string of the molecule is O=[N+]([O-])c1cc(I)c(F)cc1Oc1cc(F)ccc1Br. The van der Waals surface area contributed by atoms with Crippen molar-refractivity contribution in [1.29, 1.82) is 0 Å². The molecule has 4 nitrogen and oxygen atoms in total. The topological polar surface area (TPSA) is 52.4 Å². The molecule has 0 atom stereocenters. The summed E-state index contributed by atoms with van der Waals surface area (Å²) in [4.78, 5) is 10.3. The molecule has 0 N–H and O–H groups in total. The van der Waals surface area contributed by atoms with E-state index in [4.69, 9.17) is 4.74 Å². The molecule has 0 fully saturated rings. The molecule has 0 radical (unpaired) electrons. The van der Waals surface area contributed by atoms with Crippen molar-refractivity contribution in [2.24, 2.45) is 0 Å². The van der Waals surface area contributed by atoms with Crippen LogP contribution in [0.25, 0.3) is 0 Å². The Kier molecular flexibility index (Phi) is 4.53. The largest absolute Gasteiger partial charge is 0.449 e. The van der Waals surface area contributed by atoms with Gasteiger partial charge in [0.1, 0.15) is 17.4 Å². The highest BCUT2D eigenvalue weighted by atomic mass is 127. The van der Waals surface area contributed by atoms with Gasteiger partial charge in [-0.05, 0) is 50.7 Å². The van der Waals surface area contributed by atoms with E-state index in [0.717, 1.165) is 18.2 Å². The van der Waals surface area contributed by atoms with Crippen LogP contribution >= 0.6 is 38.5 Å². The standard InChI is InChI=1S/C12H5BrF2INO3/c13-7-2-1-6(14)3-11(7)20-12-4-8(15)9(16)5-10(12)17(18)19/h1-5H. The van der Waals surface area contributed by atoms with E-state index in [2.05, 4.69) is 15.9 Å². The van der Waals surface area contributed by atoms with Gasteiger partial charge in [0.15, 0.2) is 0 Å². The predicted octanol–water partition coefficient (Wildman–Crippen LogP) is 5.03. The minimum absolute atomic E-state index is 0.0220. The summed E-state index contributed by atoms with van der Waals surface area (Å²) in [6, 6.07) is 5.58. The van der Waals surface area contributed by atoms with Crippen LogP contribution in [0.2, 0.25) is 0 Å². The van der Waals surface area contributed by atoms with E-state index in [1.807, 2.05) is 0 Å². The summed E-state index contributed by atoms with van der Waals surface area (Å²) in [6.07, 6.45) is 0. The first-order valence-electron chi connectivity index (χ1n) is 5.15. The highest BCUT2D eigenvalue weighted by Crippen LogP contribution is 2.37. The Balaban J connectivity index is 2.50. The summed E-state index contributed by atoms with van der Waals surface area (Å²) < 4.78 is 32.4. The van der Waals surface area contributed by atoms with Gasteiger partial charge < -0.3 is 4.74 Å². The Morgan fingerprint density at radius 3 is 2.55 bits per heavy atom. The van der Waals surface area contributed by atoms with Crippen LogP contribution < -0.4 is 4.74 Å². The van der Waals surface area contributed by atoms with Crippen molar-refractivity contribution < 1.29 is 18.4 Å². The van der Waals surface area contributed by atoms with Gasteiger partial charge in [-0.25, -0.2) is 8.78 Å². The maximum atomic E-state index is 13.5. The number of nitro benzene ring substituents is 1. The maximum Gasteiger partial charge on any atom is 0.312 e. The van der Waals surface area contributed by atoms with E-state index in [1.165, 1.54) is 12.1 Å². The molecule has 0 aliphatic heterocycles. The molecule has 0 amide bonds. The van der Waals surface area contributed by atoms with Gasteiger partial charge >= 0.3 is 5.69 Å². The first-order chi connectivity index (χ1) is 9.38. The van der Waals surface area contributed by atoms with Crippen LogP contribution in [0.4, 0.5) is 14.5 Å². The average molecular weight is 456 g/mol. The summed E-state index contributed by atoms with van der Waals surface area (Å²) in [6.45, 7) is 0. The Bertz CT molecular complexity index is 697. The number of nitro groups is 1. The lowest BCUT2D eigenvalue weighted by atomic mass is 10.3. The molecule has 2 aromatic carbocycles. The molecule has 0 aliphatic carbocycles. The van der Waals surface area contributed by atoms with Gasteiger partial charge in [0.2, 0.25) is 5.75 Å². The van der Waals surface area contributed by atoms with E-state index >= 15 is 0 Å². The third-order valence-corrected chi connectivity index (χ3v) is 3.79.